The maximum absolute atomic E-state index is 2.37. The summed E-state index contributed by atoms with van der Waals surface area (Å²) >= 11 is 0. The van der Waals surface area contributed by atoms with Crippen molar-refractivity contribution in [2.24, 2.45) is 5.92 Å². The Morgan fingerprint density at radius 3 is 2.90 bits per heavy atom. The SMILES string of the molecule is CC=CC1CC=C(C)CC1. The highest BCUT2D eigenvalue weighted by Crippen LogP contribution is 2.23. The lowest BCUT2D eigenvalue weighted by Gasteiger charge is -2.16. The molecule has 0 fully saturated rings. The molecule has 0 saturated carbocycles. The third-order valence-electron chi connectivity index (χ3n) is 2.14. The van der Waals surface area contributed by atoms with E-state index < -0.39 is 0 Å². The van der Waals surface area contributed by atoms with Crippen LogP contribution in [0.25, 0.3) is 0 Å². The van der Waals surface area contributed by atoms with Gasteiger partial charge in [-0.3, -0.25) is 0 Å². The predicted octanol–water partition coefficient (Wildman–Crippen LogP) is 3.31. The molecule has 0 aromatic rings. The minimum atomic E-state index is 0.827. The molecule has 1 rings (SSSR count). The van der Waals surface area contributed by atoms with Crippen molar-refractivity contribution in [2.45, 2.75) is 33.1 Å². The van der Waals surface area contributed by atoms with E-state index in [1.165, 1.54) is 19.3 Å². The standard InChI is InChI=1S/C10H16/c1-3-4-10-7-5-9(2)6-8-10/h3-5,10H,6-8H2,1-2H3. The van der Waals surface area contributed by atoms with Gasteiger partial charge in [0.25, 0.3) is 0 Å². The largest absolute Gasteiger partial charge is 0.0914 e. The van der Waals surface area contributed by atoms with Gasteiger partial charge in [0, 0.05) is 0 Å². The van der Waals surface area contributed by atoms with Crippen LogP contribution in [-0.4, -0.2) is 0 Å². The van der Waals surface area contributed by atoms with E-state index in [-0.39, 0.29) is 0 Å². The molecule has 1 atom stereocenters. The molecule has 0 nitrogen and oxygen atoms in total. The Bertz CT molecular complexity index is 151. The minimum absolute atomic E-state index is 0.827. The Hall–Kier alpha value is -0.520. The fourth-order valence-electron chi connectivity index (χ4n) is 1.43. The Morgan fingerprint density at radius 2 is 2.40 bits per heavy atom. The fourth-order valence-corrected chi connectivity index (χ4v) is 1.43. The summed E-state index contributed by atoms with van der Waals surface area (Å²) in [6, 6.07) is 0. The maximum atomic E-state index is 2.37. The monoisotopic (exact) mass is 136 g/mol. The summed E-state index contributed by atoms with van der Waals surface area (Å²) in [7, 11) is 0. The third-order valence-corrected chi connectivity index (χ3v) is 2.14. The van der Waals surface area contributed by atoms with Crippen LogP contribution >= 0.6 is 0 Å². The number of allylic oxidation sites excluding steroid dienone is 4. The number of hydrogen-bond acceptors (Lipinski definition) is 0. The average Bonchev–Trinajstić information content (AvgIpc) is 1.95. The lowest BCUT2D eigenvalue weighted by atomic mass is 9.90. The van der Waals surface area contributed by atoms with E-state index in [9.17, 15) is 0 Å². The second-order valence-electron chi connectivity index (χ2n) is 3.11. The highest BCUT2D eigenvalue weighted by atomic mass is 14.1. The van der Waals surface area contributed by atoms with E-state index >= 15 is 0 Å². The van der Waals surface area contributed by atoms with Crippen molar-refractivity contribution in [1.82, 2.24) is 0 Å². The van der Waals surface area contributed by atoms with Crippen LogP contribution < -0.4 is 0 Å². The van der Waals surface area contributed by atoms with Gasteiger partial charge >= 0.3 is 0 Å². The minimum Gasteiger partial charge on any atom is -0.0914 e. The smallest absolute Gasteiger partial charge is 0.0196 e. The van der Waals surface area contributed by atoms with E-state index in [0.717, 1.165) is 5.92 Å². The van der Waals surface area contributed by atoms with Gasteiger partial charge in [-0.1, -0.05) is 23.8 Å². The molecular formula is C10H16. The molecule has 0 aromatic heterocycles. The van der Waals surface area contributed by atoms with Gasteiger partial charge in [-0.2, -0.15) is 0 Å². The Labute approximate surface area is 63.6 Å². The van der Waals surface area contributed by atoms with Gasteiger partial charge in [-0.25, -0.2) is 0 Å². The topological polar surface area (TPSA) is 0 Å². The van der Waals surface area contributed by atoms with Gasteiger partial charge in [0.05, 0.1) is 0 Å². The van der Waals surface area contributed by atoms with Crippen LogP contribution in [0.3, 0.4) is 0 Å². The fraction of sp³-hybridized carbons (Fsp3) is 0.600. The van der Waals surface area contributed by atoms with Crippen LogP contribution in [-0.2, 0) is 0 Å². The maximum Gasteiger partial charge on any atom is -0.0196 e. The summed E-state index contributed by atoms with van der Waals surface area (Å²) in [4.78, 5) is 0. The summed E-state index contributed by atoms with van der Waals surface area (Å²) in [5.41, 5.74) is 1.57. The lowest BCUT2D eigenvalue weighted by Crippen LogP contribution is -2.00. The molecule has 0 heterocycles. The van der Waals surface area contributed by atoms with E-state index in [4.69, 9.17) is 0 Å². The van der Waals surface area contributed by atoms with E-state index in [0.29, 0.717) is 0 Å². The first kappa shape index (κ1) is 7.59. The molecule has 0 amide bonds. The number of hydrogen-bond donors (Lipinski definition) is 0. The van der Waals surface area contributed by atoms with Gasteiger partial charge in [0.2, 0.25) is 0 Å². The third kappa shape index (κ3) is 2.02. The molecule has 0 N–H and O–H groups in total. The highest BCUT2D eigenvalue weighted by Gasteiger charge is 2.07. The normalized spacial score (nSPS) is 27.0. The molecule has 0 saturated heterocycles. The Kier molecular flexibility index (Phi) is 2.73. The van der Waals surface area contributed by atoms with Gasteiger partial charge in [-0.05, 0) is 39.0 Å². The van der Waals surface area contributed by atoms with Crippen molar-refractivity contribution < 1.29 is 0 Å². The molecule has 0 bridgehead atoms. The predicted molar refractivity (Wildman–Crippen MR) is 45.9 cm³/mol. The summed E-state index contributed by atoms with van der Waals surface area (Å²) in [5, 5.41) is 0. The van der Waals surface area contributed by atoms with Crippen LogP contribution in [0.4, 0.5) is 0 Å². The van der Waals surface area contributed by atoms with Crippen LogP contribution in [0.15, 0.2) is 23.8 Å². The quantitative estimate of drug-likeness (QED) is 0.485. The van der Waals surface area contributed by atoms with Crippen LogP contribution in [0.5, 0.6) is 0 Å². The Balaban J connectivity index is 2.42. The van der Waals surface area contributed by atoms with Crippen molar-refractivity contribution in [1.29, 1.82) is 0 Å². The zero-order chi connectivity index (χ0) is 7.40. The van der Waals surface area contributed by atoms with Crippen LogP contribution in [0.1, 0.15) is 33.1 Å². The second kappa shape index (κ2) is 3.60. The van der Waals surface area contributed by atoms with Crippen molar-refractivity contribution in [3.05, 3.63) is 23.8 Å². The van der Waals surface area contributed by atoms with Gasteiger partial charge in [0.1, 0.15) is 0 Å². The molecule has 0 aliphatic heterocycles. The van der Waals surface area contributed by atoms with E-state index in [1.54, 1.807) is 5.57 Å². The molecule has 1 aliphatic rings. The van der Waals surface area contributed by atoms with Gasteiger partial charge in [0.15, 0.2) is 0 Å². The summed E-state index contributed by atoms with van der Waals surface area (Å²) in [6.07, 6.45) is 10.8. The molecular weight excluding hydrogens is 120 g/mol. The number of rotatable bonds is 1. The summed E-state index contributed by atoms with van der Waals surface area (Å²) < 4.78 is 0. The lowest BCUT2D eigenvalue weighted by molar-refractivity contribution is 0.567. The summed E-state index contributed by atoms with van der Waals surface area (Å²) in [6.45, 7) is 4.33. The van der Waals surface area contributed by atoms with Crippen molar-refractivity contribution in [2.75, 3.05) is 0 Å². The van der Waals surface area contributed by atoms with Crippen molar-refractivity contribution in [3.63, 3.8) is 0 Å². The van der Waals surface area contributed by atoms with Gasteiger partial charge < -0.3 is 0 Å². The van der Waals surface area contributed by atoms with E-state index in [1.807, 2.05) is 0 Å². The molecule has 56 valence electrons. The first-order valence-electron chi connectivity index (χ1n) is 4.11. The molecule has 0 radical (unpaired) electrons. The zero-order valence-corrected chi connectivity index (χ0v) is 6.93. The van der Waals surface area contributed by atoms with Crippen LogP contribution in [0.2, 0.25) is 0 Å². The van der Waals surface area contributed by atoms with Crippen LogP contribution in [0, 0.1) is 5.92 Å². The zero-order valence-electron chi connectivity index (χ0n) is 6.93. The second-order valence-corrected chi connectivity index (χ2v) is 3.11. The molecule has 10 heavy (non-hydrogen) atoms. The first-order chi connectivity index (χ1) is 4.83. The van der Waals surface area contributed by atoms with Crippen molar-refractivity contribution in [3.8, 4) is 0 Å². The molecule has 0 heteroatoms. The molecule has 0 aromatic carbocycles. The highest BCUT2D eigenvalue weighted by molar-refractivity contribution is 5.06. The molecule has 1 unspecified atom stereocenters. The van der Waals surface area contributed by atoms with Gasteiger partial charge in [-0.15, -0.1) is 0 Å². The van der Waals surface area contributed by atoms with Crippen molar-refractivity contribution >= 4 is 0 Å². The first-order valence-corrected chi connectivity index (χ1v) is 4.11. The molecule has 0 spiro atoms. The average molecular weight is 136 g/mol. The summed E-state index contributed by atoms with van der Waals surface area (Å²) in [5.74, 6) is 0.827. The van der Waals surface area contributed by atoms with E-state index in [2.05, 4.69) is 32.1 Å². The Morgan fingerprint density at radius 1 is 1.60 bits per heavy atom. The molecule has 1 aliphatic carbocycles.